The van der Waals surface area contributed by atoms with Crippen molar-refractivity contribution >= 4 is 5.91 Å². The molecule has 0 spiro atoms. The van der Waals surface area contributed by atoms with E-state index in [9.17, 15) is 4.79 Å². The fourth-order valence-corrected chi connectivity index (χ4v) is 1.38. The maximum absolute atomic E-state index is 11.6. The molecule has 0 aliphatic carbocycles. The Morgan fingerprint density at radius 2 is 1.94 bits per heavy atom. The quantitative estimate of drug-likeness (QED) is 0.876. The Labute approximate surface area is 99.3 Å². The largest absolute Gasteiger partial charge is 0.438 e. The molecule has 4 heteroatoms. The van der Waals surface area contributed by atoms with Crippen LogP contribution in [0.25, 0.3) is 0 Å². The topological polar surface area (TPSA) is 51.2 Å². The van der Waals surface area contributed by atoms with E-state index < -0.39 is 0 Å². The Kier molecular flexibility index (Phi) is 3.35. The minimum Gasteiger partial charge on any atom is -0.438 e. The summed E-state index contributed by atoms with van der Waals surface area (Å²) in [6, 6.07) is 12.6. The molecule has 1 N–H and O–H groups in total. The fraction of sp³-hybridized carbons (Fsp3) is 0.0769. The predicted molar refractivity (Wildman–Crippen MR) is 64.1 cm³/mol. The molecule has 4 nitrogen and oxygen atoms in total. The Hall–Kier alpha value is -2.36. The second-order valence-electron chi connectivity index (χ2n) is 3.35. The van der Waals surface area contributed by atoms with Crippen molar-refractivity contribution in [3.8, 4) is 11.6 Å². The van der Waals surface area contributed by atoms with Crippen molar-refractivity contribution in [1.29, 1.82) is 0 Å². The van der Waals surface area contributed by atoms with Crippen LogP contribution in [0.1, 0.15) is 10.4 Å². The van der Waals surface area contributed by atoms with E-state index in [4.69, 9.17) is 4.74 Å². The number of hydrogen-bond acceptors (Lipinski definition) is 3. The van der Waals surface area contributed by atoms with Gasteiger partial charge in [-0.25, -0.2) is 4.98 Å². The van der Waals surface area contributed by atoms with Crippen LogP contribution in [0.3, 0.4) is 0 Å². The Bertz CT molecular complexity index is 512. The zero-order valence-electron chi connectivity index (χ0n) is 9.38. The van der Waals surface area contributed by atoms with Gasteiger partial charge >= 0.3 is 0 Å². The average Bonchev–Trinajstić information content (AvgIpc) is 2.40. The molecule has 0 saturated heterocycles. The van der Waals surface area contributed by atoms with Gasteiger partial charge in [0.1, 0.15) is 11.3 Å². The summed E-state index contributed by atoms with van der Waals surface area (Å²) in [4.78, 5) is 15.7. The van der Waals surface area contributed by atoms with Crippen LogP contribution in [0.4, 0.5) is 0 Å². The summed E-state index contributed by atoms with van der Waals surface area (Å²) in [5.74, 6) is 0.735. The smallest absolute Gasteiger partial charge is 0.256 e. The SMILES string of the molecule is CNC(=O)c1cccnc1Oc1ccccc1. The van der Waals surface area contributed by atoms with Crippen molar-refractivity contribution in [2.45, 2.75) is 0 Å². The second-order valence-corrected chi connectivity index (χ2v) is 3.35. The number of ether oxygens (including phenoxy) is 1. The van der Waals surface area contributed by atoms with Crippen LogP contribution in [-0.2, 0) is 0 Å². The first-order valence-electron chi connectivity index (χ1n) is 5.21. The van der Waals surface area contributed by atoms with E-state index in [1.807, 2.05) is 30.3 Å². The minimum atomic E-state index is -0.218. The molecule has 0 saturated carbocycles. The summed E-state index contributed by atoms with van der Waals surface area (Å²) in [6.45, 7) is 0. The maximum Gasteiger partial charge on any atom is 0.256 e. The highest BCUT2D eigenvalue weighted by molar-refractivity contribution is 5.96. The number of pyridine rings is 1. The molecule has 1 aromatic heterocycles. The average molecular weight is 228 g/mol. The Balaban J connectivity index is 2.30. The number of hydrogen-bond donors (Lipinski definition) is 1. The van der Waals surface area contributed by atoms with Gasteiger partial charge < -0.3 is 10.1 Å². The third-order valence-electron chi connectivity index (χ3n) is 2.20. The number of aromatic nitrogens is 1. The summed E-state index contributed by atoms with van der Waals surface area (Å²) in [7, 11) is 1.57. The first-order chi connectivity index (χ1) is 8.31. The fourth-order valence-electron chi connectivity index (χ4n) is 1.38. The van der Waals surface area contributed by atoms with Crippen molar-refractivity contribution in [3.05, 3.63) is 54.2 Å². The molecule has 1 amide bonds. The van der Waals surface area contributed by atoms with Gasteiger partial charge in [-0.05, 0) is 24.3 Å². The van der Waals surface area contributed by atoms with Crippen molar-refractivity contribution in [3.63, 3.8) is 0 Å². The van der Waals surface area contributed by atoms with Crippen molar-refractivity contribution < 1.29 is 9.53 Å². The van der Waals surface area contributed by atoms with Gasteiger partial charge in [-0.2, -0.15) is 0 Å². The molecule has 0 aliphatic rings. The van der Waals surface area contributed by atoms with Gasteiger partial charge in [0, 0.05) is 13.2 Å². The van der Waals surface area contributed by atoms with E-state index in [0.717, 1.165) is 0 Å². The van der Waals surface area contributed by atoms with E-state index in [1.54, 1.807) is 25.4 Å². The molecule has 0 atom stereocenters. The van der Waals surface area contributed by atoms with Crippen molar-refractivity contribution in [2.24, 2.45) is 0 Å². The maximum atomic E-state index is 11.6. The normalized spacial score (nSPS) is 9.71. The summed E-state index contributed by atoms with van der Waals surface area (Å²) in [6.07, 6.45) is 1.59. The zero-order valence-corrected chi connectivity index (χ0v) is 9.38. The lowest BCUT2D eigenvalue weighted by atomic mass is 10.2. The first-order valence-corrected chi connectivity index (χ1v) is 5.21. The van der Waals surface area contributed by atoms with Crippen LogP contribution in [0.5, 0.6) is 11.6 Å². The van der Waals surface area contributed by atoms with E-state index >= 15 is 0 Å². The van der Waals surface area contributed by atoms with Gasteiger partial charge in [0.25, 0.3) is 5.91 Å². The summed E-state index contributed by atoms with van der Waals surface area (Å²) < 4.78 is 5.56. The van der Waals surface area contributed by atoms with E-state index in [1.165, 1.54) is 0 Å². The van der Waals surface area contributed by atoms with E-state index in [0.29, 0.717) is 17.2 Å². The molecule has 2 rings (SSSR count). The number of carbonyl (C=O) groups is 1. The second kappa shape index (κ2) is 5.12. The summed E-state index contributed by atoms with van der Waals surface area (Å²) >= 11 is 0. The number of para-hydroxylation sites is 1. The van der Waals surface area contributed by atoms with Crippen molar-refractivity contribution in [2.75, 3.05) is 7.05 Å². The third kappa shape index (κ3) is 2.60. The lowest BCUT2D eigenvalue weighted by Gasteiger charge is -2.08. The number of amides is 1. The molecule has 1 heterocycles. The highest BCUT2D eigenvalue weighted by atomic mass is 16.5. The van der Waals surface area contributed by atoms with Crippen molar-refractivity contribution in [1.82, 2.24) is 10.3 Å². The van der Waals surface area contributed by atoms with E-state index in [-0.39, 0.29) is 5.91 Å². The number of nitrogens with one attached hydrogen (secondary N) is 1. The van der Waals surface area contributed by atoms with Crippen LogP contribution < -0.4 is 10.1 Å². The van der Waals surface area contributed by atoms with E-state index in [2.05, 4.69) is 10.3 Å². The van der Waals surface area contributed by atoms with Gasteiger partial charge in [-0.15, -0.1) is 0 Å². The monoisotopic (exact) mass is 228 g/mol. The van der Waals surface area contributed by atoms with Crippen LogP contribution in [0.2, 0.25) is 0 Å². The van der Waals surface area contributed by atoms with Crippen LogP contribution in [0, 0.1) is 0 Å². The zero-order chi connectivity index (χ0) is 12.1. The molecule has 2 aromatic rings. The highest BCUT2D eigenvalue weighted by Gasteiger charge is 2.12. The van der Waals surface area contributed by atoms with Gasteiger partial charge in [0.05, 0.1) is 0 Å². The molecule has 86 valence electrons. The standard InChI is InChI=1S/C13H12N2O2/c1-14-12(16)11-8-5-9-15-13(11)17-10-6-3-2-4-7-10/h2-9H,1H3,(H,14,16). The first kappa shape index (κ1) is 11.1. The molecular weight excluding hydrogens is 216 g/mol. The summed E-state index contributed by atoms with van der Waals surface area (Å²) in [5.41, 5.74) is 0.416. The summed E-state index contributed by atoms with van der Waals surface area (Å²) in [5, 5.41) is 2.55. The molecule has 0 bridgehead atoms. The predicted octanol–water partition coefficient (Wildman–Crippen LogP) is 2.23. The lowest BCUT2D eigenvalue weighted by molar-refractivity contribution is 0.0960. The van der Waals surface area contributed by atoms with Gasteiger partial charge in [0.15, 0.2) is 0 Å². The highest BCUT2D eigenvalue weighted by Crippen LogP contribution is 2.22. The molecule has 0 unspecified atom stereocenters. The van der Waals surface area contributed by atoms with Crippen LogP contribution in [-0.4, -0.2) is 17.9 Å². The number of rotatable bonds is 3. The van der Waals surface area contributed by atoms with Gasteiger partial charge in [0.2, 0.25) is 5.88 Å². The molecule has 0 aliphatic heterocycles. The molecule has 0 radical (unpaired) electrons. The lowest BCUT2D eigenvalue weighted by Crippen LogP contribution is -2.18. The molecule has 1 aromatic carbocycles. The minimum absolute atomic E-state index is 0.218. The van der Waals surface area contributed by atoms with Gasteiger partial charge in [-0.1, -0.05) is 18.2 Å². The van der Waals surface area contributed by atoms with Gasteiger partial charge in [-0.3, -0.25) is 4.79 Å². The molecule has 17 heavy (non-hydrogen) atoms. The third-order valence-corrected chi connectivity index (χ3v) is 2.20. The molecular formula is C13H12N2O2. The Morgan fingerprint density at radius 1 is 1.18 bits per heavy atom. The van der Waals surface area contributed by atoms with Crippen LogP contribution >= 0.6 is 0 Å². The number of benzene rings is 1. The van der Waals surface area contributed by atoms with Crippen LogP contribution in [0.15, 0.2) is 48.7 Å². The number of nitrogens with zero attached hydrogens (tertiary/aromatic N) is 1. The Morgan fingerprint density at radius 3 is 2.65 bits per heavy atom. The number of carbonyl (C=O) groups excluding carboxylic acids is 1. The molecule has 0 fully saturated rings.